The van der Waals surface area contributed by atoms with Crippen LogP contribution in [0.4, 0.5) is 0 Å². The van der Waals surface area contributed by atoms with Gasteiger partial charge in [-0.2, -0.15) is 0 Å². The number of allylic oxidation sites excluding steroid dienone is 1. The zero-order valence-corrected chi connectivity index (χ0v) is 14.2. The van der Waals surface area contributed by atoms with Gasteiger partial charge in [0.25, 0.3) is 0 Å². The van der Waals surface area contributed by atoms with Crippen LogP contribution in [0.1, 0.15) is 65.2 Å². The van der Waals surface area contributed by atoms with Crippen LogP contribution in [0.5, 0.6) is 0 Å². The lowest BCUT2D eigenvalue weighted by atomic mass is 9.47. The molecule has 4 aliphatic rings. The first-order chi connectivity index (χ1) is 10.5. The normalized spacial score (nSPS) is 54.2. The Labute approximate surface area is 135 Å². The number of aliphatic hydroxyl groups excluding tert-OH is 2. The Morgan fingerprint density at radius 1 is 1.05 bits per heavy atom. The molecular formula is C20H32O2. The molecule has 0 aliphatic heterocycles. The van der Waals surface area contributed by atoms with Crippen molar-refractivity contribution >= 4 is 0 Å². The molecule has 2 nitrogen and oxygen atoms in total. The molecule has 3 saturated carbocycles. The Hall–Kier alpha value is -0.340. The minimum atomic E-state index is -0.196. The lowest BCUT2D eigenvalue weighted by Gasteiger charge is -2.58. The van der Waals surface area contributed by atoms with Crippen LogP contribution in [0.25, 0.3) is 0 Å². The standard InChI is InChI=1S/C20H32O2/c1-19-9-7-15(22)11-13(19)3-5-16-17-6-4-14(12-21)20(17,2)10-8-18(16)19/h11,14-18,21-22H,3-10,12H2,1-2H3/t14-,15?,16+,17+,18+,19+,20-/m1/s1. The average Bonchev–Trinajstić information content (AvgIpc) is 2.84. The number of fused-ring (bicyclic) bond motifs is 5. The Kier molecular flexibility index (Phi) is 3.51. The average molecular weight is 304 g/mol. The molecule has 0 amide bonds. The van der Waals surface area contributed by atoms with Crippen LogP contribution in [0, 0.1) is 34.5 Å². The van der Waals surface area contributed by atoms with Crippen LogP contribution >= 0.6 is 0 Å². The Morgan fingerprint density at radius 3 is 2.64 bits per heavy atom. The zero-order valence-electron chi connectivity index (χ0n) is 14.2. The molecule has 0 heterocycles. The largest absolute Gasteiger partial charge is 0.396 e. The highest BCUT2D eigenvalue weighted by Crippen LogP contribution is 2.66. The first-order valence-corrected chi connectivity index (χ1v) is 9.49. The van der Waals surface area contributed by atoms with Gasteiger partial charge in [-0.15, -0.1) is 0 Å². The third-order valence-electron chi connectivity index (χ3n) is 8.51. The summed E-state index contributed by atoms with van der Waals surface area (Å²) in [5.74, 6) is 3.04. The van der Waals surface area contributed by atoms with Gasteiger partial charge in [-0.25, -0.2) is 0 Å². The van der Waals surface area contributed by atoms with Gasteiger partial charge in [-0.05, 0) is 85.9 Å². The second kappa shape index (κ2) is 5.08. The maximum Gasteiger partial charge on any atom is 0.0724 e. The summed E-state index contributed by atoms with van der Waals surface area (Å²) >= 11 is 0. The van der Waals surface area contributed by atoms with E-state index in [0.29, 0.717) is 23.4 Å². The molecule has 4 aliphatic carbocycles. The van der Waals surface area contributed by atoms with Gasteiger partial charge >= 0.3 is 0 Å². The van der Waals surface area contributed by atoms with E-state index in [0.717, 1.165) is 24.2 Å². The molecular weight excluding hydrogens is 272 g/mol. The second-order valence-electron chi connectivity index (χ2n) is 9.13. The molecule has 0 aromatic carbocycles. The molecule has 0 bridgehead atoms. The van der Waals surface area contributed by atoms with Crippen molar-refractivity contribution < 1.29 is 10.2 Å². The Morgan fingerprint density at radius 2 is 1.86 bits per heavy atom. The van der Waals surface area contributed by atoms with Gasteiger partial charge in [-0.1, -0.05) is 25.5 Å². The summed E-state index contributed by atoms with van der Waals surface area (Å²) in [7, 11) is 0. The Balaban J connectivity index is 1.65. The topological polar surface area (TPSA) is 40.5 Å². The molecule has 2 N–H and O–H groups in total. The third kappa shape index (κ3) is 1.92. The summed E-state index contributed by atoms with van der Waals surface area (Å²) in [5, 5.41) is 19.8. The monoisotopic (exact) mass is 304 g/mol. The first-order valence-electron chi connectivity index (χ1n) is 9.49. The lowest BCUT2D eigenvalue weighted by molar-refractivity contribution is -0.0615. The van der Waals surface area contributed by atoms with E-state index in [2.05, 4.69) is 19.9 Å². The van der Waals surface area contributed by atoms with Crippen LogP contribution in [-0.4, -0.2) is 22.9 Å². The maximum atomic E-state index is 10.0. The summed E-state index contributed by atoms with van der Waals surface area (Å²) in [6.07, 6.45) is 11.8. The smallest absolute Gasteiger partial charge is 0.0724 e. The molecule has 3 fully saturated rings. The van der Waals surface area contributed by atoms with Crippen LogP contribution in [-0.2, 0) is 0 Å². The lowest BCUT2D eigenvalue weighted by Crippen LogP contribution is -2.50. The molecule has 22 heavy (non-hydrogen) atoms. The van der Waals surface area contributed by atoms with Crippen molar-refractivity contribution in [2.45, 2.75) is 71.3 Å². The van der Waals surface area contributed by atoms with E-state index in [-0.39, 0.29) is 6.10 Å². The molecule has 1 unspecified atom stereocenters. The van der Waals surface area contributed by atoms with Gasteiger partial charge in [0.1, 0.15) is 0 Å². The number of hydrogen-bond acceptors (Lipinski definition) is 2. The quantitative estimate of drug-likeness (QED) is 0.721. The molecule has 4 rings (SSSR count). The number of hydrogen-bond donors (Lipinski definition) is 2. The van der Waals surface area contributed by atoms with E-state index in [4.69, 9.17) is 0 Å². The van der Waals surface area contributed by atoms with Gasteiger partial charge in [0.2, 0.25) is 0 Å². The SMILES string of the molecule is C[C@]12CC[C@H]3[C@@H](CCC4=CC(O)CC[C@@]43C)[C@@H]1CC[C@@H]2CO. The molecule has 0 radical (unpaired) electrons. The van der Waals surface area contributed by atoms with Gasteiger partial charge in [0.15, 0.2) is 0 Å². The van der Waals surface area contributed by atoms with Gasteiger partial charge in [0.05, 0.1) is 6.10 Å². The van der Waals surface area contributed by atoms with E-state index >= 15 is 0 Å². The summed E-state index contributed by atoms with van der Waals surface area (Å²) in [6, 6.07) is 0. The fourth-order valence-electron chi connectivity index (χ4n) is 7.12. The molecule has 2 heteroatoms. The van der Waals surface area contributed by atoms with E-state index < -0.39 is 0 Å². The van der Waals surface area contributed by atoms with Crippen molar-refractivity contribution in [3.05, 3.63) is 11.6 Å². The van der Waals surface area contributed by atoms with Crippen LogP contribution < -0.4 is 0 Å². The first kappa shape index (κ1) is 15.2. The van der Waals surface area contributed by atoms with Gasteiger partial charge in [-0.3, -0.25) is 0 Å². The fraction of sp³-hybridized carbons (Fsp3) is 0.900. The fourth-order valence-corrected chi connectivity index (χ4v) is 7.12. The van der Waals surface area contributed by atoms with Crippen molar-refractivity contribution in [3.63, 3.8) is 0 Å². The minimum absolute atomic E-state index is 0.196. The molecule has 0 saturated heterocycles. The summed E-state index contributed by atoms with van der Waals surface area (Å²) < 4.78 is 0. The molecule has 124 valence electrons. The molecule has 0 aromatic heterocycles. The summed E-state index contributed by atoms with van der Waals surface area (Å²) in [6.45, 7) is 5.35. The Bertz CT molecular complexity index is 484. The minimum Gasteiger partial charge on any atom is -0.396 e. The highest BCUT2D eigenvalue weighted by Gasteiger charge is 2.58. The summed E-state index contributed by atoms with van der Waals surface area (Å²) in [4.78, 5) is 0. The van der Waals surface area contributed by atoms with Crippen molar-refractivity contribution in [2.24, 2.45) is 34.5 Å². The highest BCUT2D eigenvalue weighted by atomic mass is 16.3. The van der Waals surface area contributed by atoms with Crippen LogP contribution in [0.15, 0.2) is 11.6 Å². The third-order valence-corrected chi connectivity index (χ3v) is 8.51. The predicted octanol–water partition coefficient (Wildman–Crippen LogP) is 3.92. The molecule has 0 spiro atoms. The van der Waals surface area contributed by atoms with Crippen molar-refractivity contribution in [3.8, 4) is 0 Å². The van der Waals surface area contributed by atoms with E-state index in [9.17, 15) is 10.2 Å². The molecule has 0 aromatic rings. The number of aliphatic hydroxyl groups is 2. The summed E-state index contributed by atoms with van der Waals surface area (Å²) in [5.41, 5.74) is 2.30. The van der Waals surface area contributed by atoms with Crippen LogP contribution in [0.3, 0.4) is 0 Å². The van der Waals surface area contributed by atoms with Crippen molar-refractivity contribution in [2.75, 3.05) is 6.61 Å². The predicted molar refractivity (Wildman–Crippen MR) is 88.3 cm³/mol. The van der Waals surface area contributed by atoms with Gasteiger partial charge < -0.3 is 10.2 Å². The maximum absolute atomic E-state index is 10.0. The van der Waals surface area contributed by atoms with E-state index in [1.54, 1.807) is 5.57 Å². The number of rotatable bonds is 1. The highest BCUT2D eigenvalue weighted by molar-refractivity contribution is 5.25. The van der Waals surface area contributed by atoms with Crippen molar-refractivity contribution in [1.29, 1.82) is 0 Å². The van der Waals surface area contributed by atoms with Crippen molar-refractivity contribution in [1.82, 2.24) is 0 Å². The zero-order chi connectivity index (χ0) is 15.5. The second-order valence-corrected chi connectivity index (χ2v) is 9.13. The van der Waals surface area contributed by atoms with Crippen LogP contribution in [0.2, 0.25) is 0 Å². The van der Waals surface area contributed by atoms with E-state index in [1.165, 1.54) is 44.9 Å². The van der Waals surface area contributed by atoms with Gasteiger partial charge in [0, 0.05) is 6.61 Å². The molecule has 7 atom stereocenters. The van der Waals surface area contributed by atoms with E-state index in [1.807, 2.05) is 0 Å².